The van der Waals surface area contributed by atoms with Gasteiger partial charge in [0.1, 0.15) is 12.0 Å². The molecule has 112 valence electrons. The van der Waals surface area contributed by atoms with E-state index in [2.05, 4.69) is 46.2 Å². The van der Waals surface area contributed by atoms with Crippen LogP contribution >= 0.6 is 0 Å². The Kier molecular flexibility index (Phi) is 5.37. The molecule has 2 aromatic rings. The molecule has 3 N–H and O–H groups in total. The van der Waals surface area contributed by atoms with Crippen molar-refractivity contribution < 1.29 is 0 Å². The van der Waals surface area contributed by atoms with Crippen molar-refractivity contribution >= 4 is 23.0 Å². The lowest BCUT2D eigenvalue weighted by molar-refractivity contribution is 0.830. The number of nitrogens with one attached hydrogen (secondary N) is 1. The predicted molar refractivity (Wildman–Crippen MR) is 89.0 cm³/mol. The molecule has 0 aliphatic rings. The molecule has 0 aliphatic heterocycles. The van der Waals surface area contributed by atoms with E-state index < -0.39 is 0 Å². The summed E-state index contributed by atoms with van der Waals surface area (Å²) in [4.78, 5) is 10.7. The first-order chi connectivity index (χ1) is 10.3. The van der Waals surface area contributed by atoms with Crippen LogP contribution in [0.1, 0.15) is 26.7 Å². The maximum absolute atomic E-state index is 6.25. The van der Waals surface area contributed by atoms with E-state index in [1.54, 1.807) is 6.33 Å². The molecular formula is C16H23N5. The van der Waals surface area contributed by atoms with Crippen molar-refractivity contribution in [3.8, 4) is 0 Å². The second kappa shape index (κ2) is 7.47. The molecule has 2 rings (SSSR count). The number of para-hydroxylation sites is 1. The number of hydrogen-bond acceptors (Lipinski definition) is 5. The highest BCUT2D eigenvalue weighted by Crippen LogP contribution is 2.31. The summed E-state index contributed by atoms with van der Waals surface area (Å²) in [5.41, 5.74) is 7.92. The third kappa shape index (κ3) is 3.62. The molecule has 1 aromatic heterocycles. The smallest absolute Gasteiger partial charge is 0.161 e. The van der Waals surface area contributed by atoms with Gasteiger partial charge in [0.15, 0.2) is 11.6 Å². The summed E-state index contributed by atoms with van der Waals surface area (Å²) in [6.07, 6.45) is 3.79. The maximum Gasteiger partial charge on any atom is 0.161 e. The Morgan fingerprint density at radius 2 is 1.90 bits per heavy atom. The summed E-state index contributed by atoms with van der Waals surface area (Å²) < 4.78 is 0. The van der Waals surface area contributed by atoms with Crippen molar-refractivity contribution in [2.24, 2.45) is 0 Å². The summed E-state index contributed by atoms with van der Waals surface area (Å²) in [5, 5.41) is 3.28. The second-order valence-electron chi connectivity index (χ2n) is 4.82. The molecule has 0 atom stereocenters. The number of nitrogens with two attached hydrogens (primary N) is 1. The van der Waals surface area contributed by atoms with Gasteiger partial charge in [-0.3, -0.25) is 0 Å². The summed E-state index contributed by atoms with van der Waals surface area (Å²) in [6, 6.07) is 10.1. The molecule has 0 bridgehead atoms. The van der Waals surface area contributed by atoms with Crippen molar-refractivity contribution in [1.82, 2.24) is 9.97 Å². The number of nitrogens with zero attached hydrogens (tertiary/aromatic N) is 3. The SMILES string of the molecule is CCCCNc1ncnc(N(CC)c2ccccc2)c1N. The van der Waals surface area contributed by atoms with Gasteiger partial charge in [-0.2, -0.15) is 0 Å². The van der Waals surface area contributed by atoms with Gasteiger partial charge in [-0.1, -0.05) is 31.5 Å². The molecule has 21 heavy (non-hydrogen) atoms. The van der Waals surface area contributed by atoms with Gasteiger partial charge in [-0.05, 0) is 25.5 Å². The molecule has 0 aliphatic carbocycles. The zero-order valence-corrected chi connectivity index (χ0v) is 12.7. The highest BCUT2D eigenvalue weighted by molar-refractivity contribution is 5.79. The van der Waals surface area contributed by atoms with Crippen molar-refractivity contribution in [1.29, 1.82) is 0 Å². The lowest BCUT2D eigenvalue weighted by Gasteiger charge is -2.24. The van der Waals surface area contributed by atoms with Crippen LogP contribution in [0.25, 0.3) is 0 Å². The first-order valence-corrected chi connectivity index (χ1v) is 7.44. The maximum atomic E-state index is 6.25. The number of aromatic nitrogens is 2. The fraction of sp³-hybridized carbons (Fsp3) is 0.375. The Balaban J connectivity index is 2.27. The van der Waals surface area contributed by atoms with Crippen LogP contribution in [0.4, 0.5) is 23.0 Å². The average Bonchev–Trinajstić information content (AvgIpc) is 2.52. The van der Waals surface area contributed by atoms with E-state index in [4.69, 9.17) is 5.73 Å². The second-order valence-corrected chi connectivity index (χ2v) is 4.82. The Morgan fingerprint density at radius 1 is 1.14 bits per heavy atom. The lowest BCUT2D eigenvalue weighted by Crippen LogP contribution is -2.20. The van der Waals surface area contributed by atoms with Crippen molar-refractivity contribution in [3.63, 3.8) is 0 Å². The van der Waals surface area contributed by atoms with Crippen molar-refractivity contribution in [2.45, 2.75) is 26.7 Å². The Labute approximate surface area is 126 Å². The topological polar surface area (TPSA) is 67.1 Å². The molecule has 0 spiro atoms. The summed E-state index contributed by atoms with van der Waals surface area (Å²) in [5.74, 6) is 1.46. The van der Waals surface area contributed by atoms with E-state index in [0.29, 0.717) is 11.5 Å². The summed E-state index contributed by atoms with van der Waals surface area (Å²) in [7, 11) is 0. The molecule has 0 radical (unpaired) electrons. The van der Waals surface area contributed by atoms with Crippen LogP contribution in [0.5, 0.6) is 0 Å². The highest BCUT2D eigenvalue weighted by Gasteiger charge is 2.15. The zero-order chi connectivity index (χ0) is 15.1. The van der Waals surface area contributed by atoms with Gasteiger partial charge >= 0.3 is 0 Å². The summed E-state index contributed by atoms with van der Waals surface area (Å²) in [6.45, 7) is 5.90. The van der Waals surface area contributed by atoms with Gasteiger partial charge in [-0.15, -0.1) is 0 Å². The van der Waals surface area contributed by atoms with Gasteiger partial charge in [0.05, 0.1) is 0 Å². The van der Waals surface area contributed by atoms with Crippen molar-refractivity contribution in [2.75, 3.05) is 29.0 Å². The third-order valence-electron chi connectivity index (χ3n) is 3.33. The number of nitrogen functional groups attached to an aromatic ring is 1. The number of anilines is 4. The standard InChI is InChI=1S/C16H23N5/c1-3-5-11-18-15-14(17)16(20-12-19-15)21(4-2)13-9-7-6-8-10-13/h6-10,12H,3-5,11,17H2,1-2H3,(H,18,19,20). The van der Waals surface area contributed by atoms with Gasteiger partial charge in [0.2, 0.25) is 0 Å². The molecule has 0 fully saturated rings. The molecule has 0 amide bonds. The van der Waals surface area contributed by atoms with E-state index in [-0.39, 0.29) is 0 Å². The van der Waals surface area contributed by atoms with E-state index in [9.17, 15) is 0 Å². The molecule has 0 saturated carbocycles. The lowest BCUT2D eigenvalue weighted by atomic mass is 10.2. The largest absolute Gasteiger partial charge is 0.393 e. The van der Waals surface area contributed by atoms with E-state index >= 15 is 0 Å². The minimum absolute atomic E-state index is 0.597. The first-order valence-electron chi connectivity index (χ1n) is 7.44. The minimum Gasteiger partial charge on any atom is -0.393 e. The van der Waals surface area contributed by atoms with Gasteiger partial charge in [0.25, 0.3) is 0 Å². The average molecular weight is 285 g/mol. The molecule has 0 saturated heterocycles. The molecular weight excluding hydrogens is 262 g/mol. The third-order valence-corrected chi connectivity index (χ3v) is 3.33. The number of unbranched alkanes of at least 4 members (excludes halogenated alkanes) is 1. The first kappa shape index (κ1) is 15.1. The van der Waals surface area contributed by atoms with E-state index in [1.165, 1.54) is 0 Å². The van der Waals surface area contributed by atoms with E-state index in [1.807, 2.05) is 18.2 Å². The highest BCUT2D eigenvalue weighted by atomic mass is 15.2. The molecule has 1 aromatic carbocycles. The quantitative estimate of drug-likeness (QED) is 0.763. The molecule has 0 unspecified atom stereocenters. The Bertz CT molecular complexity index is 556. The monoisotopic (exact) mass is 285 g/mol. The Hall–Kier alpha value is -2.30. The molecule has 1 heterocycles. The minimum atomic E-state index is 0.597. The van der Waals surface area contributed by atoms with Gasteiger partial charge in [0, 0.05) is 18.8 Å². The van der Waals surface area contributed by atoms with Crippen LogP contribution in [0.2, 0.25) is 0 Å². The van der Waals surface area contributed by atoms with Crippen LogP contribution in [-0.4, -0.2) is 23.1 Å². The fourth-order valence-electron chi connectivity index (χ4n) is 2.19. The van der Waals surface area contributed by atoms with Crippen LogP contribution in [-0.2, 0) is 0 Å². The van der Waals surface area contributed by atoms with Crippen LogP contribution < -0.4 is 16.0 Å². The van der Waals surface area contributed by atoms with Crippen LogP contribution in [0.15, 0.2) is 36.7 Å². The van der Waals surface area contributed by atoms with E-state index in [0.717, 1.165) is 37.4 Å². The fourth-order valence-corrected chi connectivity index (χ4v) is 2.19. The Morgan fingerprint density at radius 3 is 2.57 bits per heavy atom. The van der Waals surface area contributed by atoms with Crippen molar-refractivity contribution in [3.05, 3.63) is 36.7 Å². The van der Waals surface area contributed by atoms with Crippen LogP contribution in [0, 0.1) is 0 Å². The summed E-state index contributed by atoms with van der Waals surface area (Å²) >= 11 is 0. The van der Waals surface area contributed by atoms with Crippen LogP contribution in [0.3, 0.4) is 0 Å². The predicted octanol–water partition coefficient (Wildman–Crippen LogP) is 3.43. The normalized spacial score (nSPS) is 10.4. The molecule has 5 heteroatoms. The molecule has 5 nitrogen and oxygen atoms in total. The zero-order valence-electron chi connectivity index (χ0n) is 12.7. The van der Waals surface area contributed by atoms with Gasteiger partial charge in [-0.25, -0.2) is 9.97 Å². The van der Waals surface area contributed by atoms with Gasteiger partial charge < -0.3 is 16.0 Å². The number of rotatable bonds is 7. The number of benzene rings is 1. The number of hydrogen-bond donors (Lipinski definition) is 2.